The van der Waals surface area contributed by atoms with Gasteiger partial charge in [0.1, 0.15) is 5.75 Å². The number of methoxy groups -OCH3 is 1. The molecule has 30 heavy (non-hydrogen) atoms. The van der Waals surface area contributed by atoms with Crippen molar-refractivity contribution in [2.75, 3.05) is 53.7 Å². The zero-order valence-electron chi connectivity index (χ0n) is 17.7. The first-order valence-corrected chi connectivity index (χ1v) is 10.3. The predicted molar refractivity (Wildman–Crippen MR) is 114 cm³/mol. The lowest BCUT2D eigenvalue weighted by molar-refractivity contribution is -0.132. The Labute approximate surface area is 177 Å². The highest BCUT2D eigenvalue weighted by Crippen LogP contribution is 2.32. The summed E-state index contributed by atoms with van der Waals surface area (Å²) in [5.41, 5.74) is 2.32. The van der Waals surface area contributed by atoms with Gasteiger partial charge >= 0.3 is 0 Å². The van der Waals surface area contributed by atoms with Crippen molar-refractivity contribution < 1.29 is 19.0 Å². The smallest absolute Gasteiger partial charge is 0.236 e. The Kier molecular flexibility index (Phi) is 6.40. The normalized spacial score (nSPS) is 16.5. The summed E-state index contributed by atoms with van der Waals surface area (Å²) in [6, 6.07) is 14.0. The molecule has 0 atom stereocenters. The first-order chi connectivity index (χ1) is 14.6. The summed E-state index contributed by atoms with van der Waals surface area (Å²) in [5, 5.41) is 0. The Balaban J connectivity index is 1.21. The molecule has 0 bridgehead atoms. The van der Waals surface area contributed by atoms with Gasteiger partial charge in [0.15, 0.2) is 11.5 Å². The summed E-state index contributed by atoms with van der Waals surface area (Å²) < 4.78 is 16.0. The van der Waals surface area contributed by atoms with E-state index < -0.39 is 0 Å². The Morgan fingerprint density at radius 1 is 0.967 bits per heavy atom. The molecule has 4 rings (SSSR count). The van der Waals surface area contributed by atoms with E-state index in [1.807, 2.05) is 37.4 Å². The second kappa shape index (κ2) is 9.36. The molecule has 0 saturated carbocycles. The molecule has 1 amide bonds. The minimum absolute atomic E-state index is 0.148. The number of fused-ring (bicyclic) bond motifs is 1. The maximum atomic E-state index is 12.6. The van der Waals surface area contributed by atoms with Crippen LogP contribution in [0.15, 0.2) is 42.5 Å². The van der Waals surface area contributed by atoms with Crippen LogP contribution in [-0.2, 0) is 17.9 Å². The molecule has 0 aliphatic carbocycles. The van der Waals surface area contributed by atoms with Crippen LogP contribution in [0.1, 0.15) is 11.1 Å². The summed E-state index contributed by atoms with van der Waals surface area (Å²) in [6.07, 6.45) is 0. The van der Waals surface area contributed by atoms with Gasteiger partial charge in [-0.15, -0.1) is 0 Å². The van der Waals surface area contributed by atoms with Crippen LogP contribution < -0.4 is 14.2 Å². The third-order valence-electron chi connectivity index (χ3n) is 5.67. The molecule has 7 nitrogen and oxygen atoms in total. The molecule has 160 valence electrons. The van der Waals surface area contributed by atoms with Crippen molar-refractivity contribution in [1.29, 1.82) is 0 Å². The Bertz CT molecular complexity index is 863. The van der Waals surface area contributed by atoms with E-state index in [1.54, 1.807) is 12.0 Å². The van der Waals surface area contributed by atoms with Gasteiger partial charge in [0.2, 0.25) is 12.7 Å². The average molecular weight is 412 g/mol. The van der Waals surface area contributed by atoms with Gasteiger partial charge in [-0.05, 0) is 35.4 Å². The summed E-state index contributed by atoms with van der Waals surface area (Å²) >= 11 is 0. The molecular weight excluding hydrogens is 382 g/mol. The number of rotatable bonds is 7. The lowest BCUT2D eigenvalue weighted by Crippen LogP contribution is -2.49. The van der Waals surface area contributed by atoms with Crippen molar-refractivity contribution in [3.8, 4) is 17.2 Å². The lowest BCUT2D eigenvalue weighted by atomic mass is 10.1. The Hall–Kier alpha value is -2.77. The average Bonchev–Trinajstić information content (AvgIpc) is 3.23. The SMILES string of the molecule is COc1ccc(CN(C)C(=O)CN2CCN(Cc3ccc4c(c3)OCO4)CC2)cc1. The van der Waals surface area contributed by atoms with Crippen LogP contribution in [0.3, 0.4) is 0 Å². The van der Waals surface area contributed by atoms with E-state index in [0.717, 1.165) is 55.5 Å². The molecule has 0 N–H and O–H groups in total. The quantitative estimate of drug-likeness (QED) is 0.696. The largest absolute Gasteiger partial charge is 0.497 e. The summed E-state index contributed by atoms with van der Waals surface area (Å²) in [4.78, 5) is 19.1. The maximum absolute atomic E-state index is 12.6. The molecular formula is C23H29N3O4. The van der Waals surface area contributed by atoms with Gasteiger partial charge in [0.25, 0.3) is 0 Å². The van der Waals surface area contributed by atoms with Crippen LogP contribution in [0.2, 0.25) is 0 Å². The molecule has 1 fully saturated rings. The van der Waals surface area contributed by atoms with Crippen LogP contribution in [0, 0.1) is 0 Å². The van der Waals surface area contributed by atoms with Gasteiger partial charge in [-0.2, -0.15) is 0 Å². The summed E-state index contributed by atoms with van der Waals surface area (Å²) in [7, 11) is 3.52. The van der Waals surface area contributed by atoms with E-state index in [2.05, 4.69) is 21.9 Å². The number of likely N-dealkylation sites (N-methyl/N-ethyl adjacent to an activating group) is 1. The highest BCUT2D eigenvalue weighted by atomic mass is 16.7. The van der Waals surface area contributed by atoms with Crippen molar-refractivity contribution >= 4 is 5.91 Å². The number of carbonyl (C=O) groups is 1. The van der Waals surface area contributed by atoms with Gasteiger partial charge in [-0.25, -0.2) is 0 Å². The number of piperazine rings is 1. The van der Waals surface area contributed by atoms with Crippen molar-refractivity contribution in [2.24, 2.45) is 0 Å². The van der Waals surface area contributed by atoms with Crippen molar-refractivity contribution in [2.45, 2.75) is 13.1 Å². The molecule has 2 heterocycles. The predicted octanol–water partition coefficient (Wildman–Crippen LogP) is 2.20. The minimum Gasteiger partial charge on any atom is -0.497 e. The van der Waals surface area contributed by atoms with Crippen LogP contribution in [0.5, 0.6) is 17.2 Å². The molecule has 0 spiro atoms. The van der Waals surface area contributed by atoms with Crippen LogP contribution in [0.4, 0.5) is 0 Å². The number of amides is 1. The van der Waals surface area contributed by atoms with Gasteiger partial charge < -0.3 is 19.1 Å². The van der Waals surface area contributed by atoms with E-state index in [-0.39, 0.29) is 5.91 Å². The van der Waals surface area contributed by atoms with Crippen molar-refractivity contribution in [3.05, 3.63) is 53.6 Å². The van der Waals surface area contributed by atoms with E-state index >= 15 is 0 Å². The molecule has 2 aromatic rings. The third kappa shape index (κ3) is 5.04. The van der Waals surface area contributed by atoms with Crippen molar-refractivity contribution in [3.63, 3.8) is 0 Å². The van der Waals surface area contributed by atoms with Crippen LogP contribution >= 0.6 is 0 Å². The molecule has 0 radical (unpaired) electrons. The fourth-order valence-electron chi connectivity index (χ4n) is 3.81. The number of hydrogen-bond acceptors (Lipinski definition) is 6. The summed E-state index contributed by atoms with van der Waals surface area (Å²) in [5.74, 6) is 2.62. The molecule has 2 aliphatic rings. The first kappa shape index (κ1) is 20.5. The number of hydrogen-bond donors (Lipinski definition) is 0. The van der Waals surface area contributed by atoms with Gasteiger partial charge in [0.05, 0.1) is 13.7 Å². The Morgan fingerprint density at radius 3 is 2.37 bits per heavy atom. The maximum Gasteiger partial charge on any atom is 0.236 e. The zero-order valence-corrected chi connectivity index (χ0v) is 17.7. The van der Waals surface area contributed by atoms with E-state index in [9.17, 15) is 4.79 Å². The van der Waals surface area contributed by atoms with Crippen molar-refractivity contribution in [1.82, 2.24) is 14.7 Å². The number of benzene rings is 2. The number of carbonyl (C=O) groups excluding carboxylic acids is 1. The standard InChI is InChI=1S/C23H29N3O4/c1-24(14-18-3-6-20(28-2)7-4-18)23(27)16-26-11-9-25(10-12-26)15-19-5-8-21-22(13-19)30-17-29-21/h3-8,13H,9-12,14-17H2,1-2H3. The fourth-order valence-corrected chi connectivity index (χ4v) is 3.81. The molecule has 1 saturated heterocycles. The first-order valence-electron chi connectivity index (χ1n) is 10.3. The van der Waals surface area contributed by atoms with Crippen LogP contribution in [-0.4, -0.2) is 74.3 Å². The molecule has 7 heteroatoms. The second-order valence-electron chi connectivity index (χ2n) is 7.84. The highest BCUT2D eigenvalue weighted by molar-refractivity contribution is 5.78. The van der Waals surface area contributed by atoms with Crippen LogP contribution in [0.25, 0.3) is 0 Å². The summed E-state index contributed by atoms with van der Waals surface area (Å²) in [6.45, 7) is 5.94. The molecule has 2 aromatic carbocycles. The Morgan fingerprint density at radius 2 is 1.63 bits per heavy atom. The number of nitrogens with zero attached hydrogens (tertiary/aromatic N) is 3. The van der Waals surface area contributed by atoms with E-state index in [0.29, 0.717) is 19.9 Å². The monoisotopic (exact) mass is 411 g/mol. The second-order valence-corrected chi connectivity index (χ2v) is 7.84. The molecule has 0 unspecified atom stereocenters. The van der Waals surface area contributed by atoms with E-state index in [1.165, 1.54) is 5.56 Å². The van der Waals surface area contributed by atoms with E-state index in [4.69, 9.17) is 14.2 Å². The third-order valence-corrected chi connectivity index (χ3v) is 5.67. The molecule has 0 aromatic heterocycles. The molecule has 2 aliphatic heterocycles. The number of ether oxygens (including phenoxy) is 3. The zero-order chi connectivity index (χ0) is 20.9. The van der Waals surface area contributed by atoms with Gasteiger partial charge in [-0.3, -0.25) is 14.6 Å². The lowest BCUT2D eigenvalue weighted by Gasteiger charge is -2.35. The highest BCUT2D eigenvalue weighted by Gasteiger charge is 2.21. The van der Waals surface area contributed by atoms with Gasteiger partial charge in [0, 0.05) is 46.3 Å². The topological polar surface area (TPSA) is 54.5 Å². The minimum atomic E-state index is 0.148. The van der Waals surface area contributed by atoms with Gasteiger partial charge in [-0.1, -0.05) is 18.2 Å². The fraction of sp³-hybridized carbons (Fsp3) is 0.435.